The minimum Gasteiger partial charge on any atom is -0.497 e. The number of rotatable bonds is 9. The van der Waals surface area contributed by atoms with Crippen molar-refractivity contribution in [2.24, 2.45) is 4.99 Å². The largest absolute Gasteiger partial charge is 0.497 e. The van der Waals surface area contributed by atoms with Crippen molar-refractivity contribution in [3.05, 3.63) is 89.9 Å². The third-order valence-electron chi connectivity index (χ3n) is 6.00. The second-order valence-corrected chi connectivity index (χ2v) is 8.45. The maximum atomic E-state index is 5.46. The van der Waals surface area contributed by atoms with Crippen LogP contribution in [0.2, 0.25) is 0 Å². The second-order valence-electron chi connectivity index (χ2n) is 8.45. The van der Waals surface area contributed by atoms with E-state index in [9.17, 15) is 0 Å². The van der Waals surface area contributed by atoms with E-state index in [1.165, 1.54) is 5.56 Å². The molecule has 2 aromatic carbocycles. The summed E-state index contributed by atoms with van der Waals surface area (Å²) in [4.78, 5) is 7.39. The molecule has 1 aromatic heterocycles. The van der Waals surface area contributed by atoms with Crippen molar-refractivity contribution in [1.82, 2.24) is 15.5 Å². The normalized spacial score (nSPS) is 14.9. The molecule has 4 rings (SSSR count). The van der Waals surface area contributed by atoms with E-state index in [4.69, 9.17) is 14.1 Å². The van der Waals surface area contributed by atoms with E-state index in [1.807, 2.05) is 24.3 Å². The number of likely N-dealkylation sites (tertiary alicyclic amines) is 1. The molecule has 2 heterocycles. The Bertz CT molecular complexity index is 970. The first kappa shape index (κ1) is 26.1. The highest BCUT2D eigenvalue weighted by atomic mass is 127. The third-order valence-corrected chi connectivity index (χ3v) is 6.00. The number of aliphatic imine (C=N–C) groups is 1. The van der Waals surface area contributed by atoms with E-state index in [0.717, 1.165) is 68.5 Å². The number of benzene rings is 2. The van der Waals surface area contributed by atoms with Gasteiger partial charge in [-0.3, -0.25) is 4.90 Å². The average molecular weight is 575 g/mol. The molecule has 3 aromatic rings. The van der Waals surface area contributed by atoms with Gasteiger partial charge in [-0.25, -0.2) is 4.99 Å². The fourth-order valence-electron chi connectivity index (χ4n) is 4.08. The Labute approximate surface area is 219 Å². The van der Waals surface area contributed by atoms with E-state index >= 15 is 0 Å². The zero-order valence-electron chi connectivity index (χ0n) is 19.8. The van der Waals surface area contributed by atoms with Crippen molar-refractivity contribution in [2.45, 2.75) is 38.4 Å². The van der Waals surface area contributed by atoms with Gasteiger partial charge in [0.2, 0.25) is 0 Å². The van der Waals surface area contributed by atoms with Gasteiger partial charge in [0, 0.05) is 38.6 Å². The number of halogens is 1. The van der Waals surface area contributed by atoms with Crippen molar-refractivity contribution in [3.8, 4) is 5.75 Å². The third kappa shape index (κ3) is 8.36. The number of hydrogen-bond acceptors (Lipinski definition) is 4. The summed E-state index contributed by atoms with van der Waals surface area (Å²) in [5, 5.41) is 7.16. The Morgan fingerprint density at radius 3 is 2.44 bits per heavy atom. The SMILES string of the molecule is COc1ccc(CN=C(NCCc2ccco2)NC2CCN(Cc3ccccc3)CC2)cc1.I. The summed E-state index contributed by atoms with van der Waals surface area (Å²) in [6, 6.07) is 23.1. The van der Waals surface area contributed by atoms with Crippen molar-refractivity contribution < 1.29 is 9.15 Å². The summed E-state index contributed by atoms with van der Waals surface area (Å²) < 4.78 is 10.7. The van der Waals surface area contributed by atoms with Crippen LogP contribution in [0.5, 0.6) is 5.75 Å². The molecular weight excluding hydrogens is 539 g/mol. The Morgan fingerprint density at radius 2 is 1.76 bits per heavy atom. The molecule has 0 atom stereocenters. The molecule has 0 aliphatic carbocycles. The predicted octanol–water partition coefficient (Wildman–Crippen LogP) is 4.85. The Kier molecular flexibility index (Phi) is 10.8. The van der Waals surface area contributed by atoms with E-state index in [-0.39, 0.29) is 24.0 Å². The van der Waals surface area contributed by atoms with Gasteiger partial charge in [-0.1, -0.05) is 42.5 Å². The molecule has 0 bridgehead atoms. The second kappa shape index (κ2) is 14.0. The molecule has 7 heteroatoms. The Hall–Kier alpha value is -2.52. The lowest BCUT2D eigenvalue weighted by molar-refractivity contribution is 0.198. The molecule has 1 aliphatic heterocycles. The molecule has 1 saturated heterocycles. The number of nitrogens with one attached hydrogen (secondary N) is 2. The molecular formula is C27H35IN4O2. The van der Waals surface area contributed by atoms with Crippen LogP contribution in [0.15, 0.2) is 82.4 Å². The van der Waals surface area contributed by atoms with Gasteiger partial charge in [-0.05, 0) is 48.2 Å². The van der Waals surface area contributed by atoms with Crippen LogP contribution in [0.3, 0.4) is 0 Å². The van der Waals surface area contributed by atoms with Crippen molar-refractivity contribution >= 4 is 29.9 Å². The predicted molar refractivity (Wildman–Crippen MR) is 148 cm³/mol. The van der Waals surface area contributed by atoms with E-state index in [0.29, 0.717) is 12.6 Å². The summed E-state index contributed by atoms with van der Waals surface area (Å²) >= 11 is 0. The minimum absolute atomic E-state index is 0. The molecule has 2 N–H and O–H groups in total. The van der Waals surface area contributed by atoms with Gasteiger partial charge in [0.25, 0.3) is 0 Å². The first-order valence-corrected chi connectivity index (χ1v) is 11.7. The van der Waals surface area contributed by atoms with Gasteiger partial charge in [0.15, 0.2) is 5.96 Å². The number of guanidine groups is 1. The van der Waals surface area contributed by atoms with Crippen molar-refractivity contribution in [2.75, 3.05) is 26.7 Å². The number of nitrogens with zero attached hydrogens (tertiary/aromatic N) is 2. The number of piperidine rings is 1. The first-order valence-electron chi connectivity index (χ1n) is 11.7. The van der Waals surface area contributed by atoms with Crippen LogP contribution in [0, 0.1) is 0 Å². The maximum Gasteiger partial charge on any atom is 0.191 e. The van der Waals surface area contributed by atoms with Gasteiger partial charge in [0.1, 0.15) is 11.5 Å². The van der Waals surface area contributed by atoms with Crippen LogP contribution < -0.4 is 15.4 Å². The molecule has 1 fully saturated rings. The van der Waals surface area contributed by atoms with Gasteiger partial charge in [-0.15, -0.1) is 24.0 Å². The first-order chi connectivity index (χ1) is 16.3. The van der Waals surface area contributed by atoms with E-state index in [2.05, 4.69) is 58.0 Å². The van der Waals surface area contributed by atoms with Crippen LogP contribution in [0.1, 0.15) is 29.7 Å². The van der Waals surface area contributed by atoms with Crippen LogP contribution in [0.25, 0.3) is 0 Å². The number of ether oxygens (including phenoxy) is 1. The fourth-order valence-corrected chi connectivity index (χ4v) is 4.08. The quantitative estimate of drug-likeness (QED) is 0.218. The molecule has 34 heavy (non-hydrogen) atoms. The summed E-state index contributed by atoms with van der Waals surface area (Å²) in [5.41, 5.74) is 2.53. The molecule has 6 nitrogen and oxygen atoms in total. The summed E-state index contributed by atoms with van der Waals surface area (Å²) in [6.07, 6.45) is 4.75. The lowest BCUT2D eigenvalue weighted by atomic mass is 10.0. The Balaban J connectivity index is 0.00000324. The standard InChI is InChI=1S/C27H34N4O2.HI/c1-32-25-11-9-22(10-12-25)20-29-27(28-16-13-26-8-5-19-33-26)30-24-14-17-31(18-15-24)21-23-6-3-2-4-7-23;/h2-12,19,24H,13-18,20-21H2,1H3,(H2,28,29,30);1H. The zero-order chi connectivity index (χ0) is 22.7. The molecule has 0 amide bonds. The molecule has 0 saturated carbocycles. The number of hydrogen-bond donors (Lipinski definition) is 2. The maximum absolute atomic E-state index is 5.46. The summed E-state index contributed by atoms with van der Waals surface area (Å²) in [7, 11) is 1.68. The van der Waals surface area contributed by atoms with Gasteiger partial charge in [-0.2, -0.15) is 0 Å². The molecule has 0 spiro atoms. The van der Waals surface area contributed by atoms with Crippen LogP contribution in [-0.2, 0) is 19.5 Å². The smallest absolute Gasteiger partial charge is 0.191 e. The lowest BCUT2D eigenvalue weighted by Gasteiger charge is -2.33. The minimum atomic E-state index is 0. The summed E-state index contributed by atoms with van der Waals surface area (Å²) in [6.45, 7) is 4.59. The van der Waals surface area contributed by atoms with Gasteiger partial charge < -0.3 is 19.8 Å². The van der Waals surface area contributed by atoms with Crippen LogP contribution in [0.4, 0.5) is 0 Å². The highest BCUT2D eigenvalue weighted by molar-refractivity contribution is 14.0. The van der Waals surface area contributed by atoms with E-state index < -0.39 is 0 Å². The van der Waals surface area contributed by atoms with Crippen molar-refractivity contribution in [3.63, 3.8) is 0 Å². The van der Waals surface area contributed by atoms with Crippen LogP contribution in [-0.4, -0.2) is 43.6 Å². The molecule has 0 unspecified atom stereocenters. The van der Waals surface area contributed by atoms with Crippen molar-refractivity contribution in [1.29, 1.82) is 0 Å². The molecule has 0 radical (unpaired) electrons. The fraction of sp³-hybridized carbons (Fsp3) is 0.370. The number of methoxy groups -OCH3 is 1. The highest BCUT2D eigenvalue weighted by Crippen LogP contribution is 2.15. The highest BCUT2D eigenvalue weighted by Gasteiger charge is 2.20. The lowest BCUT2D eigenvalue weighted by Crippen LogP contribution is -2.48. The topological polar surface area (TPSA) is 62.0 Å². The average Bonchev–Trinajstić information content (AvgIpc) is 3.38. The number of furan rings is 1. The van der Waals surface area contributed by atoms with Gasteiger partial charge >= 0.3 is 0 Å². The summed E-state index contributed by atoms with van der Waals surface area (Å²) in [5.74, 6) is 2.70. The monoisotopic (exact) mass is 574 g/mol. The Morgan fingerprint density at radius 1 is 1.00 bits per heavy atom. The molecule has 182 valence electrons. The molecule has 1 aliphatic rings. The van der Waals surface area contributed by atoms with E-state index in [1.54, 1.807) is 13.4 Å². The van der Waals surface area contributed by atoms with Gasteiger partial charge in [0.05, 0.1) is 19.9 Å². The zero-order valence-corrected chi connectivity index (χ0v) is 22.1. The van der Waals surface area contributed by atoms with Crippen LogP contribution >= 0.6 is 24.0 Å².